The smallest absolute Gasteiger partial charge is 0.768 e. The zero-order chi connectivity index (χ0) is 19.6. The molecule has 0 radical (unpaired) electrons. The molecular weight excluding hydrogens is 489 g/mol. The Kier molecular flexibility index (Phi) is 11.6. The van der Waals surface area contributed by atoms with Crippen molar-refractivity contribution in [2.45, 2.75) is 9.79 Å². The number of hydrogen-bond donors (Lipinski definition) is 2. The van der Waals surface area contributed by atoms with E-state index in [4.69, 9.17) is 23.2 Å². The first-order valence-electron chi connectivity index (χ1n) is 6.74. The van der Waals surface area contributed by atoms with Crippen molar-refractivity contribution in [3.05, 3.63) is 34.8 Å². The van der Waals surface area contributed by atoms with Crippen molar-refractivity contribution in [3.63, 3.8) is 0 Å². The fourth-order valence-corrected chi connectivity index (χ4v) is 3.48. The molecule has 1 atom stereocenters. The summed E-state index contributed by atoms with van der Waals surface area (Å²) in [6.45, 7) is 0. The van der Waals surface area contributed by atoms with Gasteiger partial charge < -0.3 is 20.2 Å². The molecule has 29 heavy (non-hydrogen) atoms. The van der Waals surface area contributed by atoms with Gasteiger partial charge in [-0.1, -0.05) is 0 Å². The summed E-state index contributed by atoms with van der Waals surface area (Å²) < 4.78 is 26.7. The Bertz CT molecular complexity index is 1030. The Hall–Kier alpha value is 0.230. The van der Waals surface area contributed by atoms with E-state index in [9.17, 15) is 19.1 Å². The summed E-state index contributed by atoms with van der Waals surface area (Å²) in [4.78, 5) is 11.5. The molecule has 1 heterocycles. The van der Waals surface area contributed by atoms with Crippen molar-refractivity contribution in [1.29, 1.82) is 0 Å². The second-order valence-corrected chi connectivity index (χ2v) is 7.18. The minimum absolute atomic E-state index is 0. The molecule has 142 valence electrons. The monoisotopic (exact) mass is 494 g/mol. The van der Waals surface area contributed by atoms with Crippen LogP contribution in [0, 0.1) is 0 Å². The van der Waals surface area contributed by atoms with Gasteiger partial charge in [0.25, 0.3) is 0 Å². The maximum absolute atomic E-state index is 11.2. The molecular formula is C13H6Cl2N4Na2O6S2. The van der Waals surface area contributed by atoms with Gasteiger partial charge in [-0.25, -0.2) is 0 Å². The van der Waals surface area contributed by atoms with Gasteiger partial charge in [0.2, 0.25) is 16.5 Å². The summed E-state index contributed by atoms with van der Waals surface area (Å²) in [6.07, 6.45) is 0. The van der Waals surface area contributed by atoms with E-state index in [1.807, 2.05) is 0 Å². The number of fused-ring (bicyclic) bond motifs is 1. The number of nitrogens with zero attached hydrogens (tertiary/aromatic N) is 3. The molecule has 1 aromatic heterocycles. The Morgan fingerprint density at radius 3 is 2.34 bits per heavy atom. The van der Waals surface area contributed by atoms with E-state index in [1.165, 1.54) is 18.2 Å². The molecule has 10 nitrogen and oxygen atoms in total. The van der Waals surface area contributed by atoms with Crippen molar-refractivity contribution >= 4 is 68.7 Å². The molecule has 2 N–H and O–H groups in total. The molecule has 0 saturated carbocycles. The molecule has 0 aliphatic carbocycles. The first-order chi connectivity index (χ1) is 12.9. The van der Waals surface area contributed by atoms with Gasteiger partial charge in [-0.3, -0.25) is 9.25 Å². The van der Waals surface area contributed by atoms with Gasteiger partial charge >= 0.3 is 59.1 Å². The first kappa shape index (κ1) is 27.3. The summed E-state index contributed by atoms with van der Waals surface area (Å²) in [5.74, 6) is -0.349. The quantitative estimate of drug-likeness (QED) is 0.114. The van der Waals surface area contributed by atoms with E-state index in [1.54, 1.807) is 0 Å². The second-order valence-electron chi connectivity index (χ2n) is 4.79. The van der Waals surface area contributed by atoms with Gasteiger partial charge in [-0.05, 0) is 63.9 Å². The van der Waals surface area contributed by atoms with Crippen LogP contribution in [0.15, 0.2) is 34.1 Å². The summed E-state index contributed by atoms with van der Waals surface area (Å²) in [5.41, 5.74) is 0.253. The molecule has 0 aliphatic rings. The number of hydrogen-bond acceptors (Lipinski definition) is 11. The number of nitrogens with one attached hydrogen (secondary N) is 1. The first-order valence-corrected chi connectivity index (χ1v) is 9.32. The molecule has 0 aliphatic heterocycles. The number of aromatic hydroxyl groups is 1. The SMILES string of the molecule is O=S([O-])c1cc(O)c2c(Nc3nc(Cl)nc(Cl)n3)cc(SOO[O-])cc2c1.[Na+].[Na+]. The number of phenolic OH excluding ortho intramolecular Hbond substituents is 1. The molecule has 3 aromatic rings. The van der Waals surface area contributed by atoms with Gasteiger partial charge in [-0.15, -0.1) is 0 Å². The predicted molar refractivity (Wildman–Crippen MR) is 94.0 cm³/mol. The number of halogens is 2. The van der Waals surface area contributed by atoms with Gasteiger partial charge in [0.1, 0.15) is 5.75 Å². The van der Waals surface area contributed by atoms with Crippen LogP contribution in [0.25, 0.3) is 10.8 Å². The van der Waals surface area contributed by atoms with Crippen molar-refractivity contribution in [3.8, 4) is 5.75 Å². The molecule has 0 spiro atoms. The van der Waals surface area contributed by atoms with Crippen LogP contribution in [0.4, 0.5) is 11.6 Å². The zero-order valence-corrected chi connectivity index (χ0v) is 21.9. The maximum Gasteiger partial charge on any atom is 1.00 e. The average molecular weight is 495 g/mol. The zero-order valence-electron chi connectivity index (χ0n) is 14.7. The van der Waals surface area contributed by atoms with Crippen LogP contribution >= 0.6 is 35.2 Å². The van der Waals surface area contributed by atoms with Gasteiger partial charge in [0.15, 0.2) is 0 Å². The fourth-order valence-electron chi connectivity index (χ4n) is 2.24. The molecule has 1 unspecified atom stereocenters. The topological polar surface area (TPSA) is 153 Å². The Labute approximate surface area is 224 Å². The Morgan fingerprint density at radius 1 is 1.10 bits per heavy atom. The van der Waals surface area contributed by atoms with Gasteiger partial charge in [-0.2, -0.15) is 19.3 Å². The minimum Gasteiger partial charge on any atom is -0.768 e. The third kappa shape index (κ3) is 7.12. The Balaban J connectivity index is 0.00000210. The largest absolute Gasteiger partial charge is 1.00 e. The molecule has 3 rings (SSSR count). The van der Waals surface area contributed by atoms with Crippen molar-refractivity contribution in [2.24, 2.45) is 0 Å². The molecule has 0 fully saturated rings. The standard InChI is InChI=1S/C13H8Cl2N4O6S2.2Na/c14-11-17-12(15)19-13(18-11)16-8-3-6(26-25-24-21)1-5-2-7(27(22)23)4-9(20)10(5)8;;/h1-4,20-21H,(H,22,23)(H,16,17,18,19);;/q;2*+1/p-2. The van der Waals surface area contributed by atoms with Crippen LogP contribution in [0.5, 0.6) is 5.75 Å². The predicted octanol–water partition coefficient (Wildman–Crippen LogP) is -3.74. The minimum atomic E-state index is -2.57. The molecule has 0 amide bonds. The van der Waals surface area contributed by atoms with Crippen molar-refractivity contribution in [2.75, 3.05) is 5.32 Å². The second kappa shape index (κ2) is 12.3. The third-order valence-corrected chi connectivity index (χ3v) is 4.66. The fraction of sp³-hybridized carbons (Fsp3) is 0. The number of rotatable bonds is 6. The molecule has 16 heteroatoms. The average Bonchev–Trinajstić information content (AvgIpc) is 2.58. The molecule has 0 bridgehead atoms. The van der Waals surface area contributed by atoms with Gasteiger partial charge in [0.05, 0.1) is 17.7 Å². The normalized spacial score (nSPS) is 11.4. The summed E-state index contributed by atoms with van der Waals surface area (Å²) >= 11 is 9.48. The molecule has 2 aromatic carbocycles. The van der Waals surface area contributed by atoms with Gasteiger partial charge in [0, 0.05) is 15.2 Å². The van der Waals surface area contributed by atoms with Crippen molar-refractivity contribution < 1.29 is 87.6 Å². The van der Waals surface area contributed by atoms with E-state index in [2.05, 4.69) is 29.6 Å². The number of phenols is 1. The van der Waals surface area contributed by atoms with Crippen LogP contribution in [0.2, 0.25) is 10.6 Å². The number of benzene rings is 2. The third-order valence-electron chi connectivity index (χ3n) is 3.15. The van der Waals surface area contributed by atoms with Crippen LogP contribution in [0.3, 0.4) is 0 Å². The van der Waals surface area contributed by atoms with E-state index in [0.717, 1.165) is 6.07 Å². The van der Waals surface area contributed by atoms with E-state index in [0.29, 0.717) is 22.3 Å². The van der Waals surface area contributed by atoms with Crippen molar-refractivity contribution in [1.82, 2.24) is 15.0 Å². The summed E-state index contributed by atoms with van der Waals surface area (Å²) in [7, 11) is 0. The Morgan fingerprint density at radius 2 is 1.76 bits per heavy atom. The maximum atomic E-state index is 11.2. The van der Waals surface area contributed by atoms with Crippen LogP contribution < -0.4 is 69.7 Å². The summed E-state index contributed by atoms with van der Waals surface area (Å²) in [5, 5.41) is 26.7. The van der Waals surface area contributed by atoms with Crippen LogP contribution in [-0.4, -0.2) is 28.8 Å². The van der Waals surface area contributed by atoms with E-state index < -0.39 is 11.1 Å². The van der Waals surface area contributed by atoms with E-state index in [-0.39, 0.29) is 97.3 Å². The van der Waals surface area contributed by atoms with Crippen LogP contribution in [0.1, 0.15) is 0 Å². The van der Waals surface area contributed by atoms with E-state index >= 15 is 0 Å². The number of anilines is 2. The number of aromatic nitrogens is 3. The van der Waals surface area contributed by atoms with Crippen LogP contribution in [-0.2, 0) is 20.5 Å². The summed E-state index contributed by atoms with van der Waals surface area (Å²) in [6, 6.07) is 5.35. The molecule has 0 saturated heterocycles.